The van der Waals surface area contributed by atoms with Crippen LogP contribution in [-0.4, -0.2) is 32.6 Å². The second-order valence-electron chi connectivity index (χ2n) is 8.00. The highest BCUT2D eigenvalue weighted by molar-refractivity contribution is 7.09. The third-order valence-corrected chi connectivity index (χ3v) is 6.89. The van der Waals surface area contributed by atoms with Crippen molar-refractivity contribution in [2.75, 3.05) is 0 Å². The van der Waals surface area contributed by atoms with Crippen molar-refractivity contribution in [3.05, 3.63) is 52.0 Å². The molecule has 1 amide bonds. The summed E-state index contributed by atoms with van der Waals surface area (Å²) in [6.45, 7) is 8.10. The molecule has 31 heavy (non-hydrogen) atoms. The highest BCUT2D eigenvalue weighted by Crippen LogP contribution is 2.28. The van der Waals surface area contributed by atoms with E-state index in [-0.39, 0.29) is 11.8 Å². The van der Waals surface area contributed by atoms with E-state index >= 15 is 0 Å². The fourth-order valence-electron chi connectivity index (χ4n) is 3.95. The second-order valence-corrected chi connectivity index (χ2v) is 9.04. The molecule has 0 spiro atoms. The fourth-order valence-corrected chi connectivity index (χ4v) is 4.65. The Morgan fingerprint density at radius 3 is 2.48 bits per heavy atom. The monoisotopic (exact) mass is 441 g/mol. The van der Waals surface area contributed by atoms with Gasteiger partial charge in [0.05, 0.1) is 11.0 Å². The quantitative estimate of drug-likeness (QED) is 0.448. The lowest BCUT2D eigenvalue weighted by molar-refractivity contribution is -0.140. The van der Waals surface area contributed by atoms with E-state index in [9.17, 15) is 14.7 Å². The molecule has 2 aromatic heterocycles. The number of amides is 1. The standard InChI is InChI=1S/C24H31N3O3S/c1-5-15(4)22(24(29)30)26-23(28)16-10-11-20-19(13-16)25-21(14-18-9-8-12-31-18)27(20)17(6-2)7-3/h8-13,15,17,22H,5-7,14H2,1-4H3,(H,26,28)(H,29,30)/t15?,22-/m0/s1. The molecule has 7 heteroatoms. The molecule has 0 aliphatic rings. The summed E-state index contributed by atoms with van der Waals surface area (Å²) in [5.41, 5.74) is 2.20. The first-order valence-electron chi connectivity index (χ1n) is 11.0. The number of nitrogens with zero attached hydrogens (tertiary/aromatic N) is 2. The number of carbonyl (C=O) groups excluding carboxylic acids is 1. The lowest BCUT2D eigenvalue weighted by atomic mass is 9.99. The van der Waals surface area contributed by atoms with E-state index in [2.05, 4.69) is 35.2 Å². The molecule has 0 saturated heterocycles. The number of imidazole rings is 1. The summed E-state index contributed by atoms with van der Waals surface area (Å²) in [5.74, 6) is -0.560. The van der Waals surface area contributed by atoms with Crippen molar-refractivity contribution >= 4 is 34.2 Å². The molecule has 2 atom stereocenters. The summed E-state index contributed by atoms with van der Waals surface area (Å²) in [6, 6.07) is 9.06. The Bertz CT molecular complexity index is 1040. The van der Waals surface area contributed by atoms with Crippen LogP contribution in [0, 0.1) is 5.92 Å². The van der Waals surface area contributed by atoms with Crippen molar-refractivity contribution in [3.8, 4) is 0 Å². The van der Waals surface area contributed by atoms with Crippen LogP contribution in [0.3, 0.4) is 0 Å². The maximum absolute atomic E-state index is 12.8. The minimum absolute atomic E-state index is 0.156. The maximum Gasteiger partial charge on any atom is 0.326 e. The van der Waals surface area contributed by atoms with E-state index < -0.39 is 12.0 Å². The van der Waals surface area contributed by atoms with E-state index in [4.69, 9.17) is 4.98 Å². The molecule has 0 radical (unpaired) electrons. The highest BCUT2D eigenvalue weighted by atomic mass is 32.1. The Morgan fingerprint density at radius 1 is 1.16 bits per heavy atom. The number of nitrogens with one attached hydrogen (secondary N) is 1. The molecule has 3 rings (SSSR count). The molecule has 2 N–H and O–H groups in total. The van der Waals surface area contributed by atoms with Gasteiger partial charge in [-0.25, -0.2) is 9.78 Å². The van der Waals surface area contributed by atoms with Crippen molar-refractivity contribution in [2.24, 2.45) is 5.92 Å². The average molecular weight is 442 g/mol. The summed E-state index contributed by atoms with van der Waals surface area (Å²) in [6.07, 6.45) is 3.41. The number of benzene rings is 1. The van der Waals surface area contributed by atoms with Crippen molar-refractivity contribution in [1.82, 2.24) is 14.9 Å². The first kappa shape index (κ1) is 23.0. The van der Waals surface area contributed by atoms with E-state index in [1.54, 1.807) is 23.5 Å². The minimum atomic E-state index is -1.01. The summed E-state index contributed by atoms with van der Waals surface area (Å²) >= 11 is 1.71. The van der Waals surface area contributed by atoms with Crippen molar-refractivity contribution in [3.63, 3.8) is 0 Å². The first-order valence-corrected chi connectivity index (χ1v) is 11.8. The average Bonchev–Trinajstić information content (AvgIpc) is 3.40. The predicted molar refractivity (Wildman–Crippen MR) is 125 cm³/mol. The Kier molecular flexibility index (Phi) is 7.49. The number of carboxylic acid groups (broad SMARTS) is 1. The van der Waals surface area contributed by atoms with Gasteiger partial charge in [-0.15, -0.1) is 11.3 Å². The zero-order valence-electron chi connectivity index (χ0n) is 18.6. The van der Waals surface area contributed by atoms with Gasteiger partial charge < -0.3 is 15.0 Å². The molecule has 6 nitrogen and oxygen atoms in total. The second kappa shape index (κ2) is 10.1. The molecule has 0 aliphatic carbocycles. The number of thiophene rings is 1. The summed E-state index contributed by atoms with van der Waals surface area (Å²) in [5, 5.41) is 14.2. The number of hydrogen-bond acceptors (Lipinski definition) is 4. The number of aromatic nitrogens is 2. The van der Waals surface area contributed by atoms with E-state index in [0.29, 0.717) is 18.0 Å². The largest absolute Gasteiger partial charge is 0.480 e. The number of hydrogen-bond donors (Lipinski definition) is 2. The zero-order chi connectivity index (χ0) is 22.5. The van der Waals surface area contributed by atoms with Crippen molar-refractivity contribution < 1.29 is 14.7 Å². The molecule has 1 unspecified atom stereocenters. The molecule has 0 fully saturated rings. The van der Waals surface area contributed by atoms with Gasteiger partial charge >= 0.3 is 5.97 Å². The van der Waals surface area contributed by atoms with Crippen LogP contribution in [0.1, 0.15) is 74.1 Å². The Hall–Kier alpha value is -2.67. The number of carboxylic acids is 1. The normalized spacial score (nSPS) is 13.5. The van der Waals surface area contributed by atoms with Gasteiger partial charge in [-0.05, 0) is 48.4 Å². The van der Waals surface area contributed by atoms with Crippen LogP contribution in [0.4, 0.5) is 0 Å². The van der Waals surface area contributed by atoms with Gasteiger partial charge in [0, 0.05) is 22.9 Å². The molecule has 3 aromatic rings. The van der Waals surface area contributed by atoms with Gasteiger partial charge in [-0.3, -0.25) is 4.79 Å². The van der Waals surface area contributed by atoms with E-state index in [0.717, 1.165) is 36.1 Å². The lowest BCUT2D eigenvalue weighted by Crippen LogP contribution is -2.45. The Balaban J connectivity index is 1.98. The van der Waals surface area contributed by atoms with Crippen LogP contribution in [0.25, 0.3) is 11.0 Å². The lowest BCUT2D eigenvalue weighted by Gasteiger charge is -2.20. The van der Waals surface area contributed by atoms with Gasteiger partial charge in [0.15, 0.2) is 0 Å². The molecule has 1 aromatic carbocycles. The summed E-state index contributed by atoms with van der Waals surface area (Å²) in [7, 11) is 0. The number of aliphatic carboxylic acids is 1. The van der Waals surface area contributed by atoms with Crippen molar-refractivity contribution in [2.45, 2.75) is 65.5 Å². The topological polar surface area (TPSA) is 84.2 Å². The maximum atomic E-state index is 12.8. The molecular weight excluding hydrogens is 410 g/mol. The molecule has 0 saturated carbocycles. The third kappa shape index (κ3) is 4.98. The van der Waals surface area contributed by atoms with Gasteiger partial charge in [-0.2, -0.15) is 0 Å². The van der Waals surface area contributed by atoms with Gasteiger partial charge in [-0.1, -0.05) is 40.2 Å². The van der Waals surface area contributed by atoms with Crippen molar-refractivity contribution in [1.29, 1.82) is 0 Å². The van der Waals surface area contributed by atoms with Crippen LogP contribution >= 0.6 is 11.3 Å². The van der Waals surface area contributed by atoms with Crippen LogP contribution < -0.4 is 5.32 Å². The van der Waals surface area contributed by atoms with Gasteiger partial charge in [0.1, 0.15) is 11.9 Å². The molecular formula is C24H31N3O3S. The van der Waals surface area contributed by atoms with E-state index in [1.807, 2.05) is 26.0 Å². The number of carbonyl (C=O) groups is 2. The van der Waals surface area contributed by atoms with Crippen LogP contribution in [-0.2, 0) is 11.2 Å². The number of rotatable bonds is 10. The predicted octanol–water partition coefficient (Wildman–Crippen LogP) is 5.28. The van der Waals surface area contributed by atoms with Crippen LogP contribution in [0.5, 0.6) is 0 Å². The zero-order valence-corrected chi connectivity index (χ0v) is 19.4. The van der Waals surface area contributed by atoms with E-state index in [1.165, 1.54) is 4.88 Å². The first-order chi connectivity index (χ1) is 14.9. The van der Waals surface area contributed by atoms with Gasteiger partial charge in [0.2, 0.25) is 0 Å². The summed E-state index contributed by atoms with van der Waals surface area (Å²) < 4.78 is 2.30. The Morgan fingerprint density at radius 2 is 1.90 bits per heavy atom. The summed E-state index contributed by atoms with van der Waals surface area (Å²) in [4.78, 5) is 30.5. The third-order valence-electron chi connectivity index (χ3n) is 6.01. The molecule has 2 heterocycles. The smallest absolute Gasteiger partial charge is 0.326 e. The van der Waals surface area contributed by atoms with Gasteiger partial charge in [0.25, 0.3) is 5.91 Å². The minimum Gasteiger partial charge on any atom is -0.480 e. The van der Waals surface area contributed by atoms with Crippen LogP contribution in [0.2, 0.25) is 0 Å². The molecule has 166 valence electrons. The number of fused-ring (bicyclic) bond motifs is 1. The molecule has 0 bridgehead atoms. The molecule has 0 aliphatic heterocycles. The van der Waals surface area contributed by atoms with Crippen LogP contribution in [0.15, 0.2) is 35.7 Å². The fraction of sp³-hybridized carbons (Fsp3) is 0.458. The SMILES string of the molecule is CCC(C)[C@H](NC(=O)c1ccc2c(c1)nc(Cc1cccs1)n2C(CC)CC)C(=O)O. The highest BCUT2D eigenvalue weighted by Gasteiger charge is 2.26. The Labute approximate surface area is 187 Å².